The monoisotopic (exact) mass is 352 g/mol. The molecule has 5 nitrogen and oxygen atoms in total. The number of benzene rings is 1. The number of nitrogens with one attached hydrogen (secondary N) is 1. The Morgan fingerprint density at radius 1 is 1.36 bits per heavy atom. The fourth-order valence-corrected chi connectivity index (χ4v) is 4.08. The fraction of sp³-hybridized carbons (Fsp3) is 0.571. The smallest absolute Gasteiger partial charge is 0.243 e. The van der Waals surface area contributed by atoms with Crippen LogP contribution in [0.3, 0.4) is 0 Å². The highest BCUT2D eigenvalue weighted by atomic mass is 35.5. The third-order valence-corrected chi connectivity index (χ3v) is 5.72. The zero-order chi connectivity index (χ0) is 15.5. The minimum Gasteiger partial charge on any atom is -0.494 e. The zero-order valence-electron chi connectivity index (χ0n) is 12.7. The highest BCUT2D eigenvalue weighted by molar-refractivity contribution is 7.89. The Morgan fingerprint density at radius 2 is 2.00 bits per heavy atom. The maximum atomic E-state index is 13.7. The van der Waals surface area contributed by atoms with Crippen molar-refractivity contribution >= 4 is 22.4 Å². The molecule has 1 fully saturated rings. The number of hydrogen-bond acceptors (Lipinski definition) is 4. The molecule has 126 valence electrons. The molecule has 22 heavy (non-hydrogen) atoms. The fourth-order valence-electron chi connectivity index (χ4n) is 2.60. The van der Waals surface area contributed by atoms with Crippen LogP contribution in [0.4, 0.5) is 4.39 Å². The van der Waals surface area contributed by atoms with E-state index in [2.05, 4.69) is 5.32 Å². The van der Waals surface area contributed by atoms with E-state index in [1.807, 2.05) is 7.05 Å². The van der Waals surface area contributed by atoms with Crippen LogP contribution in [-0.4, -0.2) is 46.5 Å². The molecule has 1 N–H and O–H groups in total. The van der Waals surface area contributed by atoms with Gasteiger partial charge in [-0.1, -0.05) is 0 Å². The number of piperidine rings is 1. The van der Waals surface area contributed by atoms with E-state index in [-0.39, 0.29) is 23.1 Å². The highest BCUT2D eigenvalue weighted by Gasteiger charge is 2.29. The topological polar surface area (TPSA) is 58.6 Å². The van der Waals surface area contributed by atoms with Gasteiger partial charge >= 0.3 is 0 Å². The average Bonchev–Trinajstić information content (AvgIpc) is 2.48. The van der Waals surface area contributed by atoms with Crippen LogP contribution >= 0.6 is 12.4 Å². The first-order valence-corrected chi connectivity index (χ1v) is 8.41. The molecule has 1 aliphatic rings. The van der Waals surface area contributed by atoms with E-state index in [4.69, 9.17) is 4.74 Å². The first-order valence-electron chi connectivity index (χ1n) is 6.97. The number of sulfonamides is 1. The Morgan fingerprint density at radius 3 is 2.50 bits per heavy atom. The largest absolute Gasteiger partial charge is 0.494 e. The van der Waals surface area contributed by atoms with Crippen molar-refractivity contribution in [2.75, 3.05) is 33.8 Å². The van der Waals surface area contributed by atoms with Crippen molar-refractivity contribution in [3.05, 3.63) is 24.0 Å². The van der Waals surface area contributed by atoms with Gasteiger partial charge in [0.15, 0.2) is 11.6 Å². The van der Waals surface area contributed by atoms with Crippen molar-refractivity contribution in [3.63, 3.8) is 0 Å². The number of hydrogen-bond donors (Lipinski definition) is 1. The van der Waals surface area contributed by atoms with Crippen molar-refractivity contribution < 1.29 is 17.5 Å². The molecule has 0 amide bonds. The van der Waals surface area contributed by atoms with Crippen molar-refractivity contribution in [3.8, 4) is 5.75 Å². The highest BCUT2D eigenvalue weighted by Crippen LogP contribution is 2.26. The summed E-state index contributed by atoms with van der Waals surface area (Å²) in [4.78, 5) is -0.0205. The molecule has 1 aliphatic heterocycles. The normalized spacial score (nSPS) is 17.0. The second kappa shape index (κ2) is 8.10. The molecular formula is C14H22ClFN2O3S. The van der Waals surface area contributed by atoms with E-state index >= 15 is 0 Å². The predicted molar refractivity (Wildman–Crippen MR) is 85.6 cm³/mol. The zero-order valence-corrected chi connectivity index (χ0v) is 14.3. The average molecular weight is 353 g/mol. The number of methoxy groups -OCH3 is 1. The van der Waals surface area contributed by atoms with Crippen LogP contribution in [0.2, 0.25) is 0 Å². The lowest BCUT2D eigenvalue weighted by Crippen LogP contribution is -2.40. The molecular weight excluding hydrogens is 331 g/mol. The number of rotatable bonds is 5. The molecule has 1 saturated heterocycles. The van der Waals surface area contributed by atoms with E-state index in [1.54, 1.807) is 0 Å². The van der Waals surface area contributed by atoms with Gasteiger partial charge in [0, 0.05) is 13.1 Å². The first-order chi connectivity index (χ1) is 9.98. The molecule has 0 aromatic heterocycles. The Bertz CT molecular complexity index is 590. The molecule has 1 aromatic rings. The first kappa shape index (κ1) is 19.2. The van der Waals surface area contributed by atoms with E-state index in [1.165, 1.54) is 23.5 Å². The Hall–Kier alpha value is -0.890. The summed E-state index contributed by atoms with van der Waals surface area (Å²) in [6, 6.07) is 3.75. The molecule has 0 atom stereocenters. The molecule has 0 spiro atoms. The molecule has 8 heteroatoms. The lowest BCUT2D eigenvalue weighted by atomic mass is 9.98. The van der Waals surface area contributed by atoms with Crippen LogP contribution < -0.4 is 10.1 Å². The summed E-state index contributed by atoms with van der Waals surface area (Å²) in [5.41, 5.74) is 0. The quantitative estimate of drug-likeness (QED) is 0.879. The Labute approximate surface area is 137 Å². The van der Waals surface area contributed by atoms with E-state index in [0.717, 1.165) is 25.5 Å². The van der Waals surface area contributed by atoms with Crippen LogP contribution in [0, 0.1) is 11.7 Å². The lowest BCUT2D eigenvalue weighted by Gasteiger charge is -2.31. The van der Waals surface area contributed by atoms with E-state index in [0.29, 0.717) is 19.0 Å². The third-order valence-electron chi connectivity index (χ3n) is 3.83. The van der Waals surface area contributed by atoms with Gasteiger partial charge in [-0.25, -0.2) is 12.8 Å². The third kappa shape index (κ3) is 4.10. The van der Waals surface area contributed by atoms with Gasteiger partial charge in [-0.05, 0) is 50.6 Å². The summed E-state index contributed by atoms with van der Waals surface area (Å²) < 4.78 is 44.9. The maximum Gasteiger partial charge on any atom is 0.243 e. The Balaban J connectivity index is 0.00000242. The summed E-state index contributed by atoms with van der Waals surface area (Å²) in [6.07, 6.45) is 1.64. The maximum absolute atomic E-state index is 13.7. The molecule has 0 radical (unpaired) electrons. The van der Waals surface area contributed by atoms with E-state index < -0.39 is 15.8 Å². The molecule has 1 heterocycles. The Kier molecular flexibility index (Phi) is 7.05. The van der Waals surface area contributed by atoms with Gasteiger partial charge in [-0.2, -0.15) is 4.31 Å². The van der Waals surface area contributed by atoms with Gasteiger partial charge in [-0.15, -0.1) is 12.4 Å². The number of nitrogens with zero attached hydrogens (tertiary/aromatic N) is 1. The van der Waals surface area contributed by atoms with Gasteiger partial charge in [0.05, 0.1) is 12.0 Å². The van der Waals surface area contributed by atoms with Gasteiger partial charge in [-0.3, -0.25) is 0 Å². The minimum atomic E-state index is -3.63. The van der Waals surface area contributed by atoms with Crippen molar-refractivity contribution in [2.45, 2.75) is 17.7 Å². The molecule has 0 bridgehead atoms. The van der Waals surface area contributed by atoms with Gasteiger partial charge in [0.2, 0.25) is 10.0 Å². The van der Waals surface area contributed by atoms with Gasteiger partial charge in [0.25, 0.3) is 0 Å². The predicted octanol–water partition coefficient (Wildman–Crippen LogP) is 1.88. The summed E-state index contributed by atoms with van der Waals surface area (Å²) >= 11 is 0. The van der Waals surface area contributed by atoms with Gasteiger partial charge in [0.1, 0.15) is 0 Å². The minimum absolute atomic E-state index is 0. The molecule has 0 aliphatic carbocycles. The number of halogens is 2. The second-order valence-electron chi connectivity index (χ2n) is 5.20. The molecule has 0 unspecified atom stereocenters. The second-order valence-corrected chi connectivity index (χ2v) is 7.14. The SMILES string of the molecule is CNCC1CCN(S(=O)(=O)c2ccc(OC)c(F)c2)CC1.Cl. The van der Waals surface area contributed by atoms with Crippen molar-refractivity contribution in [1.82, 2.24) is 9.62 Å². The molecule has 0 saturated carbocycles. The van der Waals surface area contributed by atoms with Crippen LogP contribution in [0.25, 0.3) is 0 Å². The van der Waals surface area contributed by atoms with Crippen LogP contribution in [0.15, 0.2) is 23.1 Å². The van der Waals surface area contributed by atoms with Gasteiger partial charge < -0.3 is 10.1 Å². The van der Waals surface area contributed by atoms with Crippen molar-refractivity contribution in [2.24, 2.45) is 5.92 Å². The van der Waals surface area contributed by atoms with Crippen molar-refractivity contribution in [1.29, 1.82) is 0 Å². The molecule has 2 rings (SSSR count). The summed E-state index contributed by atoms with van der Waals surface area (Å²) in [5.74, 6) is -0.126. The van der Waals surface area contributed by atoms with E-state index in [9.17, 15) is 12.8 Å². The summed E-state index contributed by atoms with van der Waals surface area (Å²) in [7, 11) is -0.392. The summed E-state index contributed by atoms with van der Waals surface area (Å²) in [5, 5.41) is 3.11. The number of ether oxygens (including phenoxy) is 1. The van der Waals surface area contributed by atoms with Crippen LogP contribution in [0.1, 0.15) is 12.8 Å². The summed E-state index contributed by atoms with van der Waals surface area (Å²) in [6.45, 7) is 1.84. The molecule has 1 aromatic carbocycles. The van der Waals surface area contributed by atoms with Crippen LogP contribution in [-0.2, 0) is 10.0 Å². The standard InChI is InChI=1S/C14H21FN2O3S.ClH/c1-16-10-11-5-7-17(8-6-11)21(18,19)12-3-4-14(20-2)13(15)9-12;/h3-4,9,11,16H,5-8,10H2,1-2H3;1H. The van der Waals surface area contributed by atoms with Crippen LogP contribution in [0.5, 0.6) is 5.75 Å². The lowest BCUT2D eigenvalue weighted by molar-refractivity contribution is 0.270.